The molecule has 0 fully saturated rings. The van der Waals surface area contributed by atoms with Crippen LogP contribution in [0.25, 0.3) is 33.4 Å². The Kier molecular flexibility index (Phi) is 14.8. The molecule has 0 saturated carbocycles. The summed E-state index contributed by atoms with van der Waals surface area (Å²) in [6.07, 6.45) is 2.11. The van der Waals surface area contributed by atoms with Crippen molar-refractivity contribution in [1.29, 1.82) is 0 Å². The monoisotopic (exact) mass is 988 g/mol. The minimum Gasteiger partial charge on any atom is -0.456 e. The molecule has 68 heavy (non-hydrogen) atoms. The third-order valence-electron chi connectivity index (χ3n) is 12.3. The summed E-state index contributed by atoms with van der Waals surface area (Å²) in [6, 6.07) is 13.2. The first kappa shape index (κ1) is 51.4. The van der Waals surface area contributed by atoms with Crippen LogP contribution in [0, 0.1) is 53.4 Å². The number of aryl methyl sites for hydroxylation is 4. The lowest BCUT2D eigenvalue weighted by molar-refractivity contribution is -0.117. The highest BCUT2D eigenvalue weighted by Crippen LogP contribution is 2.46. The van der Waals surface area contributed by atoms with Crippen molar-refractivity contribution in [3.8, 4) is 22.5 Å². The van der Waals surface area contributed by atoms with E-state index < -0.39 is 45.0 Å². The number of carbonyl (C=O) groups is 2. The van der Waals surface area contributed by atoms with Gasteiger partial charge in [-0.05, 0) is 105 Å². The van der Waals surface area contributed by atoms with Crippen LogP contribution in [0.2, 0.25) is 0 Å². The predicted octanol–water partition coefficient (Wildman–Crippen LogP) is 10.5. The maximum Gasteiger partial charge on any atom is 0.296 e. The topological polar surface area (TPSA) is 259 Å². The average Bonchev–Trinajstić information content (AvgIpc) is 3.24. The second-order valence-corrected chi connectivity index (χ2v) is 21.7. The number of nitrogens with one attached hydrogen (secondary N) is 3. The second-order valence-electron chi connectivity index (χ2n) is 17.6. The fraction of sp³-hybridized carbons (Fsp3) is 0.327. The van der Waals surface area contributed by atoms with Crippen LogP contribution in [0.15, 0.2) is 84.8 Å². The van der Waals surface area contributed by atoms with E-state index >= 15 is 0 Å². The van der Waals surface area contributed by atoms with Crippen molar-refractivity contribution in [3.05, 3.63) is 99.4 Å². The van der Waals surface area contributed by atoms with Crippen molar-refractivity contribution in [1.82, 2.24) is 0 Å². The van der Waals surface area contributed by atoms with Gasteiger partial charge in [-0.3, -0.25) is 23.2 Å². The highest BCUT2D eigenvalue weighted by Gasteiger charge is 2.30. The van der Waals surface area contributed by atoms with Gasteiger partial charge in [0.15, 0.2) is 0 Å². The lowest BCUT2D eigenvalue weighted by Gasteiger charge is -2.22. The molecule has 0 saturated heterocycles. The highest BCUT2D eigenvalue weighted by molar-refractivity contribution is 7.86. The van der Waals surface area contributed by atoms with Crippen molar-refractivity contribution < 1.29 is 52.9 Å². The van der Waals surface area contributed by atoms with Gasteiger partial charge in [-0.1, -0.05) is 70.9 Å². The molecule has 2 aliphatic rings. The standard InChI is InChI=1S/C49H56N4O12S3/c1-11-25(3)17-43(54)52-48-29(7)19-27(5)46(31(48)9)50-36-23-38-34(21-41(36)67(59,60)61)45(33-15-13-14-16-40(33)66(56,57)58)35-22-42(68(62,63)64)37(24-39(35)65-38)51-47-28(6)20-30(8)49(32(47)10)53-44(55)18-26(4)12-2/h13-16,19-26,50H,11-12,17-18H2,1-10H3,(H,52,54)(H,53,55)(H,56,57,58)(H,59,60,61)(H,62,63,64). The molecule has 362 valence electrons. The summed E-state index contributed by atoms with van der Waals surface area (Å²) in [5.74, 6) is -0.338. The summed E-state index contributed by atoms with van der Waals surface area (Å²) < 4.78 is 118. The zero-order chi connectivity index (χ0) is 50.4. The van der Waals surface area contributed by atoms with Crippen LogP contribution < -0.4 is 21.3 Å². The van der Waals surface area contributed by atoms with E-state index in [1.165, 1.54) is 30.3 Å². The number of hydrogen-bond acceptors (Lipinski definition) is 11. The number of hydrogen-bond donors (Lipinski definition) is 6. The van der Waals surface area contributed by atoms with Gasteiger partial charge in [0.1, 0.15) is 26.0 Å². The summed E-state index contributed by atoms with van der Waals surface area (Å²) in [7, 11) is -15.3. The average molecular weight is 989 g/mol. The first-order valence-electron chi connectivity index (χ1n) is 21.9. The number of amides is 2. The van der Waals surface area contributed by atoms with E-state index in [0.717, 1.165) is 42.2 Å². The number of carbonyl (C=O) groups excluding carboxylic acids is 2. The quantitative estimate of drug-likeness (QED) is 0.0414. The zero-order valence-electron chi connectivity index (χ0n) is 39.4. The van der Waals surface area contributed by atoms with E-state index in [1.807, 2.05) is 41.5 Å². The SMILES string of the molecule is CCC(C)CC(=O)Nc1c(C)cc(C)c(N=c2cc3oc4cc(Nc5c(C)cc(C)c(NC(=O)CC(C)CC)c5C)c(S(=O)(=O)O)cc4c(-c4ccccc4S(=O)(=O)O)c-3cc2S(=O)(=O)O)c1C. The molecule has 0 aromatic heterocycles. The third kappa shape index (κ3) is 10.8. The van der Waals surface area contributed by atoms with Gasteiger partial charge in [0.05, 0.1) is 16.7 Å². The van der Waals surface area contributed by atoms with Crippen LogP contribution in [0.3, 0.4) is 0 Å². The zero-order valence-corrected chi connectivity index (χ0v) is 41.9. The van der Waals surface area contributed by atoms with E-state index in [-0.39, 0.29) is 86.6 Å². The molecule has 2 unspecified atom stereocenters. The maximum atomic E-state index is 13.4. The molecule has 19 heteroatoms. The Morgan fingerprint density at radius 2 is 1.13 bits per heavy atom. The van der Waals surface area contributed by atoms with Crippen LogP contribution in [0.5, 0.6) is 0 Å². The summed E-state index contributed by atoms with van der Waals surface area (Å²) in [5.41, 5.74) is 4.48. The minimum atomic E-state index is -5.16. The summed E-state index contributed by atoms with van der Waals surface area (Å²) in [6.45, 7) is 18.4. The molecule has 2 atom stereocenters. The molecule has 0 radical (unpaired) electrons. The summed E-state index contributed by atoms with van der Waals surface area (Å²) >= 11 is 0. The van der Waals surface area contributed by atoms with Gasteiger partial charge in [0.25, 0.3) is 30.4 Å². The molecule has 16 nitrogen and oxygen atoms in total. The van der Waals surface area contributed by atoms with Crippen molar-refractivity contribution in [2.75, 3.05) is 16.0 Å². The molecular weight excluding hydrogens is 933 g/mol. The first-order chi connectivity index (χ1) is 31.6. The normalized spacial score (nSPS) is 13.5. The lowest BCUT2D eigenvalue weighted by atomic mass is 9.93. The van der Waals surface area contributed by atoms with Gasteiger partial charge in [0.2, 0.25) is 11.8 Å². The predicted molar refractivity (Wildman–Crippen MR) is 263 cm³/mol. The Bertz CT molecular complexity index is 3420. The van der Waals surface area contributed by atoms with E-state index in [0.29, 0.717) is 39.3 Å². The number of benzene rings is 5. The number of rotatable bonds is 15. The number of nitrogens with zero attached hydrogens (tertiary/aromatic N) is 1. The number of fused-ring (bicyclic) bond motifs is 2. The van der Waals surface area contributed by atoms with Crippen LogP contribution in [-0.4, -0.2) is 50.7 Å². The minimum absolute atomic E-state index is 0.114. The first-order valence-corrected chi connectivity index (χ1v) is 26.2. The maximum absolute atomic E-state index is 13.4. The van der Waals surface area contributed by atoms with E-state index in [4.69, 9.17) is 9.41 Å². The van der Waals surface area contributed by atoms with E-state index in [9.17, 15) is 48.5 Å². The highest BCUT2D eigenvalue weighted by atomic mass is 32.2. The Morgan fingerprint density at radius 1 is 0.618 bits per heavy atom. The van der Waals surface area contributed by atoms with Gasteiger partial charge in [0, 0.05) is 64.1 Å². The molecule has 2 amide bonds. The van der Waals surface area contributed by atoms with Crippen molar-refractivity contribution in [3.63, 3.8) is 0 Å². The molecule has 1 aliphatic heterocycles. The van der Waals surface area contributed by atoms with Crippen LogP contribution in [-0.2, 0) is 39.9 Å². The van der Waals surface area contributed by atoms with Crippen molar-refractivity contribution >= 4 is 81.6 Å². The molecule has 1 heterocycles. The third-order valence-corrected chi connectivity index (χ3v) is 15.0. The van der Waals surface area contributed by atoms with Gasteiger partial charge in [-0.2, -0.15) is 25.3 Å². The van der Waals surface area contributed by atoms with Gasteiger partial charge in [-0.25, -0.2) is 4.99 Å². The van der Waals surface area contributed by atoms with Crippen LogP contribution >= 0.6 is 0 Å². The fourth-order valence-corrected chi connectivity index (χ4v) is 10.4. The molecule has 6 rings (SSSR count). The van der Waals surface area contributed by atoms with Crippen LogP contribution in [0.4, 0.5) is 28.4 Å². The summed E-state index contributed by atoms with van der Waals surface area (Å²) in [4.78, 5) is 28.8. The fourth-order valence-electron chi connectivity index (χ4n) is 8.39. The van der Waals surface area contributed by atoms with Crippen LogP contribution in [0.1, 0.15) is 86.8 Å². The molecule has 1 aliphatic carbocycles. The largest absolute Gasteiger partial charge is 0.456 e. The molecule has 0 spiro atoms. The smallest absolute Gasteiger partial charge is 0.296 e. The molecule has 4 aromatic carbocycles. The molecule has 6 N–H and O–H groups in total. The Morgan fingerprint density at radius 3 is 1.68 bits per heavy atom. The lowest BCUT2D eigenvalue weighted by Crippen LogP contribution is -2.18. The molecule has 0 bridgehead atoms. The van der Waals surface area contributed by atoms with Crippen molar-refractivity contribution in [2.45, 2.75) is 110 Å². The summed E-state index contributed by atoms with van der Waals surface area (Å²) in [5, 5.41) is 8.59. The Balaban J connectivity index is 1.71. The van der Waals surface area contributed by atoms with E-state index in [1.54, 1.807) is 39.8 Å². The van der Waals surface area contributed by atoms with Gasteiger partial charge < -0.3 is 20.4 Å². The molecule has 4 aromatic rings. The Labute approximate surface area is 396 Å². The van der Waals surface area contributed by atoms with Gasteiger partial charge in [-0.15, -0.1) is 0 Å². The number of anilines is 4. The second kappa shape index (κ2) is 19.6. The van der Waals surface area contributed by atoms with Crippen molar-refractivity contribution in [2.24, 2.45) is 16.8 Å². The molecular formula is C49H56N4O12S3. The van der Waals surface area contributed by atoms with E-state index in [2.05, 4.69) is 16.0 Å². The Hall–Kier alpha value is -5.96. The van der Waals surface area contributed by atoms with Gasteiger partial charge >= 0.3 is 0 Å².